The maximum absolute atomic E-state index is 10.9. The first-order valence-electron chi connectivity index (χ1n) is 8.82. The monoisotopic (exact) mass is 305 g/mol. The maximum Gasteiger partial charge on any atom is 0.0771 e. The van der Waals surface area contributed by atoms with Crippen molar-refractivity contribution < 1.29 is 5.11 Å². The van der Waals surface area contributed by atoms with E-state index < -0.39 is 5.60 Å². The van der Waals surface area contributed by atoms with Crippen molar-refractivity contribution >= 4 is 0 Å². The van der Waals surface area contributed by atoms with Gasteiger partial charge in [0.15, 0.2) is 0 Å². The van der Waals surface area contributed by atoms with Crippen LogP contribution in [0.4, 0.5) is 0 Å². The average Bonchev–Trinajstić information content (AvgIpc) is 3.22. The van der Waals surface area contributed by atoms with Crippen molar-refractivity contribution in [3.63, 3.8) is 0 Å². The molecule has 4 heteroatoms. The van der Waals surface area contributed by atoms with Crippen molar-refractivity contribution in [1.82, 2.24) is 15.1 Å². The van der Waals surface area contributed by atoms with E-state index in [0.29, 0.717) is 17.9 Å². The zero-order chi connectivity index (χ0) is 15.8. The second kappa shape index (κ2) is 5.97. The molecule has 2 aliphatic carbocycles. The van der Waals surface area contributed by atoms with Crippen molar-refractivity contribution in [1.29, 1.82) is 0 Å². The molecule has 0 aliphatic heterocycles. The van der Waals surface area contributed by atoms with Crippen molar-refractivity contribution in [2.45, 2.75) is 76.9 Å². The SMILES string of the molecule is Cn1ncc(CNCC2(O)CCCC(C)(C)CC2)c1C1CC1. The second-order valence-electron chi connectivity index (χ2n) is 8.30. The van der Waals surface area contributed by atoms with Gasteiger partial charge in [0.25, 0.3) is 0 Å². The van der Waals surface area contributed by atoms with E-state index in [4.69, 9.17) is 0 Å². The molecule has 124 valence electrons. The minimum atomic E-state index is -0.532. The summed E-state index contributed by atoms with van der Waals surface area (Å²) < 4.78 is 2.03. The van der Waals surface area contributed by atoms with E-state index in [-0.39, 0.29) is 0 Å². The number of aliphatic hydroxyl groups is 1. The molecule has 1 aromatic rings. The van der Waals surface area contributed by atoms with Crippen LogP contribution in [0.25, 0.3) is 0 Å². The van der Waals surface area contributed by atoms with E-state index in [1.54, 1.807) is 0 Å². The third-order valence-electron chi connectivity index (χ3n) is 5.56. The molecule has 2 N–H and O–H groups in total. The smallest absolute Gasteiger partial charge is 0.0771 e. The summed E-state index contributed by atoms with van der Waals surface area (Å²) in [5.41, 5.74) is 2.55. The van der Waals surface area contributed by atoms with Crippen LogP contribution < -0.4 is 5.32 Å². The lowest BCUT2D eigenvalue weighted by Crippen LogP contribution is -2.40. The Kier molecular flexibility index (Phi) is 4.34. The van der Waals surface area contributed by atoms with Gasteiger partial charge in [0, 0.05) is 37.3 Å². The number of hydrogen-bond acceptors (Lipinski definition) is 3. The Morgan fingerprint density at radius 3 is 2.77 bits per heavy atom. The molecule has 0 aromatic carbocycles. The lowest BCUT2D eigenvalue weighted by Gasteiger charge is -2.28. The van der Waals surface area contributed by atoms with Gasteiger partial charge in [0.2, 0.25) is 0 Å². The Morgan fingerprint density at radius 1 is 1.27 bits per heavy atom. The number of nitrogens with one attached hydrogen (secondary N) is 1. The Bertz CT molecular complexity index is 518. The van der Waals surface area contributed by atoms with Crippen molar-refractivity contribution in [3.8, 4) is 0 Å². The molecule has 4 nitrogen and oxygen atoms in total. The summed E-state index contributed by atoms with van der Waals surface area (Å²) in [4.78, 5) is 0. The van der Waals surface area contributed by atoms with Gasteiger partial charge >= 0.3 is 0 Å². The Morgan fingerprint density at radius 2 is 2.05 bits per heavy atom. The zero-order valence-electron chi connectivity index (χ0n) is 14.4. The number of nitrogens with zero attached hydrogens (tertiary/aromatic N) is 2. The van der Waals surface area contributed by atoms with Crippen LogP contribution in [0.1, 0.15) is 76.0 Å². The number of hydrogen-bond donors (Lipinski definition) is 2. The minimum absolute atomic E-state index is 0.382. The molecule has 2 aliphatic rings. The van der Waals surface area contributed by atoms with Gasteiger partial charge in [0.1, 0.15) is 0 Å². The summed E-state index contributed by atoms with van der Waals surface area (Å²) >= 11 is 0. The average molecular weight is 305 g/mol. The molecule has 0 amide bonds. The highest BCUT2D eigenvalue weighted by molar-refractivity contribution is 5.25. The highest BCUT2D eigenvalue weighted by Gasteiger charge is 2.34. The van der Waals surface area contributed by atoms with E-state index in [2.05, 4.69) is 24.3 Å². The lowest BCUT2D eigenvalue weighted by atomic mass is 9.84. The lowest BCUT2D eigenvalue weighted by molar-refractivity contribution is 0.0224. The predicted molar refractivity (Wildman–Crippen MR) is 88.7 cm³/mol. The van der Waals surface area contributed by atoms with Gasteiger partial charge in [-0.15, -0.1) is 0 Å². The van der Waals surface area contributed by atoms with Crippen molar-refractivity contribution in [2.75, 3.05) is 6.54 Å². The first-order chi connectivity index (χ1) is 10.4. The molecular weight excluding hydrogens is 274 g/mol. The third-order valence-corrected chi connectivity index (χ3v) is 5.56. The maximum atomic E-state index is 10.9. The zero-order valence-corrected chi connectivity index (χ0v) is 14.4. The normalized spacial score (nSPS) is 28.5. The van der Waals surface area contributed by atoms with Crippen molar-refractivity contribution in [2.24, 2.45) is 12.5 Å². The van der Waals surface area contributed by atoms with Gasteiger partial charge < -0.3 is 10.4 Å². The topological polar surface area (TPSA) is 50.1 Å². The summed E-state index contributed by atoms with van der Waals surface area (Å²) in [6, 6.07) is 0. The molecular formula is C18H31N3O. The second-order valence-corrected chi connectivity index (χ2v) is 8.30. The molecule has 1 aromatic heterocycles. The van der Waals surface area contributed by atoms with Gasteiger partial charge in [-0.3, -0.25) is 4.68 Å². The van der Waals surface area contributed by atoms with Crippen LogP contribution in [0.3, 0.4) is 0 Å². The van der Waals surface area contributed by atoms with Gasteiger partial charge in [-0.25, -0.2) is 0 Å². The molecule has 0 spiro atoms. The Labute approximate surface area is 134 Å². The molecule has 1 heterocycles. The standard InChI is InChI=1S/C18H31N3O/c1-17(2)7-4-8-18(22,10-9-17)13-19-11-15-12-20-21(3)16(15)14-5-6-14/h12,14,19,22H,4-11,13H2,1-3H3. The Balaban J connectivity index is 1.54. The van der Waals surface area contributed by atoms with E-state index in [1.165, 1.54) is 30.5 Å². The first kappa shape index (κ1) is 16.0. The van der Waals surface area contributed by atoms with Crippen LogP contribution in [0.15, 0.2) is 6.20 Å². The van der Waals surface area contributed by atoms with Crippen molar-refractivity contribution in [3.05, 3.63) is 17.5 Å². The summed E-state index contributed by atoms with van der Waals surface area (Å²) in [6.45, 7) is 6.17. The number of aromatic nitrogens is 2. The fourth-order valence-corrected chi connectivity index (χ4v) is 3.84. The first-order valence-corrected chi connectivity index (χ1v) is 8.82. The highest BCUT2D eigenvalue weighted by Crippen LogP contribution is 2.41. The van der Waals surface area contributed by atoms with Crippen LogP contribution in [-0.2, 0) is 13.6 Å². The van der Waals surface area contributed by atoms with Crippen LogP contribution in [0.5, 0.6) is 0 Å². The Hall–Kier alpha value is -0.870. The summed E-state index contributed by atoms with van der Waals surface area (Å²) in [7, 11) is 2.04. The third kappa shape index (κ3) is 3.72. The highest BCUT2D eigenvalue weighted by atomic mass is 16.3. The largest absolute Gasteiger partial charge is 0.389 e. The van der Waals surface area contributed by atoms with E-state index in [1.807, 2.05) is 17.9 Å². The van der Waals surface area contributed by atoms with Gasteiger partial charge in [-0.1, -0.05) is 20.3 Å². The minimum Gasteiger partial charge on any atom is -0.389 e. The fraction of sp³-hybridized carbons (Fsp3) is 0.833. The summed E-state index contributed by atoms with van der Waals surface area (Å²) in [5.74, 6) is 0.714. The molecule has 2 fully saturated rings. The molecule has 0 bridgehead atoms. The predicted octanol–water partition coefficient (Wildman–Crippen LogP) is 3.11. The number of rotatable bonds is 5. The molecule has 2 saturated carbocycles. The number of aryl methyl sites for hydroxylation is 1. The van der Waals surface area contributed by atoms with Gasteiger partial charge in [-0.05, 0) is 43.9 Å². The van der Waals surface area contributed by atoms with Crippen LogP contribution in [0.2, 0.25) is 0 Å². The summed E-state index contributed by atoms with van der Waals surface area (Å²) in [5, 5.41) is 18.8. The molecule has 22 heavy (non-hydrogen) atoms. The molecule has 0 radical (unpaired) electrons. The molecule has 1 atom stereocenters. The molecule has 3 rings (SSSR count). The quantitative estimate of drug-likeness (QED) is 0.822. The fourth-order valence-electron chi connectivity index (χ4n) is 3.84. The van der Waals surface area contributed by atoms with Gasteiger partial charge in [0.05, 0.1) is 11.8 Å². The van der Waals surface area contributed by atoms with E-state index in [0.717, 1.165) is 32.2 Å². The molecule has 0 saturated heterocycles. The summed E-state index contributed by atoms with van der Waals surface area (Å²) in [6.07, 6.45) is 9.89. The van der Waals surface area contributed by atoms with Crippen LogP contribution in [-0.4, -0.2) is 27.0 Å². The molecule has 1 unspecified atom stereocenters. The van der Waals surface area contributed by atoms with Crippen LogP contribution >= 0.6 is 0 Å². The van der Waals surface area contributed by atoms with Crippen LogP contribution in [0, 0.1) is 5.41 Å². The van der Waals surface area contributed by atoms with Gasteiger partial charge in [-0.2, -0.15) is 5.10 Å². The van der Waals surface area contributed by atoms with E-state index >= 15 is 0 Å². The van der Waals surface area contributed by atoms with E-state index in [9.17, 15) is 5.11 Å².